The molecule has 2 nitrogen and oxygen atoms in total. The standard InChI is InChI=1S/C10H21N2/c1-3-12(2)8-11(9-12)10-6-4-5-7-10/h10H,3-9H2,1-2H3/q+1. The zero-order valence-corrected chi connectivity index (χ0v) is 8.42. The molecule has 2 heteroatoms. The van der Waals surface area contributed by atoms with Crippen LogP contribution in [0.15, 0.2) is 0 Å². The molecule has 1 saturated carbocycles. The van der Waals surface area contributed by atoms with Gasteiger partial charge in [-0.05, 0) is 19.8 Å². The molecule has 12 heavy (non-hydrogen) atoms. The summed E-state index contributed by atoms with van der Waals surface area (Å²) in [5.41, 5.74) is 0. The minimum Gasteiger partial charge on any atom is -0.301 e. The lowest BCUT2D eigenvalue weighted by atomic mass is 10.2. The van der Waals surface area contributed by atoms with Gasteiger partial charge in [-0.15, -0.1) is 0 Å². The Kier molecular flexibility index (Phi) is 2.13. The first-order chi connectivity index (χ1) is 5.73. The molecule has 0 aromatic rings. The van der Waals surface area contributed by atoms with Gasteiger partial charge in [-0.2, -0.15) is 0 Å². The Morgan fingerprint density at radius 2 is 1.83 bits per heavy atom. The topological polar surface area (TPSA) is 3.24 Å². The van der Waals surface area contributed by atoms with Gasteiger partial charge in [0.1, 0.15) is 13.3 Å². The molecule has 0 bridgehead atoms. The van der Waals surface area contributed by atoms with Crippen molar-refractivity contribution in [3.8, 4) is 0 Å². The van der Waals surface area contributed by atoms with Gasteiger partial charge in [-0.1, -0.05) is 12.8 Å². The van der Waals surface area contributed by atoms with Crippen LogP contribution in [0.2, 0.25) is 0 Å². The maximum absolute atomic E-state index is 2.68. The SMILES string of the molecule is CC[N+]1(C)CN(C2CCCC2)C1. The zero-order chi connectivity index (χ0) is 8.60. The minimum absolute atomic E-state index is 0.947. The third-order valence-electron chi connectivity index (χ3n) is 3.65. The van der Waals surface area contributed by atoms with E-state index in [9.17, 15) is 0 Å². The summed E-state index contributed by atoms with van der Waals surface area (Å²) in [5.74, 6) is 0. The molecule has 0 aromatic carbocycles. The Balaban J connectivity index is 1.80. The lowest BCUT2D eigenvalue weighted by Gasteiger charge is -2.51. The molecule has 0 aromatic heterocycles. The molecule has 1 saturated heterocycles. The fourth-order valence-corrected chi connectivity index (χ4v) is 2.54. The summed E-state index contributed by atoms with van der Waals surface area (Å²) < 4.78 is 1.27. The fraction of sp³-hybridized carbons (Fsp3) is 1.00. The van der Waals surface area contributed by atoms with Crippen molar-refractivity contribution in [1.82, 2.24) is 4.90 Å². The highest BCUT2D eigenvalue weighted by atomic mass is 15.6. The van der Waals surface area contributed by atoms with Crippen molar-refractivity contribution in [3.63, 3.8) is 0 Å². The number of quaternary nitrogens is 1. The third kappa shape index (κ3) is 1.38. The van der Waals surface area contributed by atoms with Gasteiger partial charge in [0.2, 0.25) is 0 Å². The van der Waals surface area contributed by atoms with Crippen molar-refractivity contribution in [2.45, 2.75) is 38.6 Å². The van der Waals surface area contributed by atoms with E-state index in [-0.39, 0.29) is 0 Å². The second kappa shape index (κ2) is 3.00. The van der Waals surface area contributed by atoms with E-state index in [0.717, 1.165) is 6.04 Å². The van der Waals surface area contributed by atoms with Crippen molar-refractivity contribution in [1.29, 1.82) is 0 Å². The van der Waals surface area contributed by atoms with Gasteiger partial charge in [0.25, 0.3) is 0 Å². The molecule has 0 amide bonds. The normalized spacial score (nSPS) is 30.5. The molecular weight excluding hydrogens is 148 g/mol. The molecule has 0 spiro atoms. The van der Waals surface area contributed by atoms with Crippen molar-refractivity contribution in [3.05, 3.63) is 0 Å². The summed E-state index contributed by atoms with van der Waals surface area (Å²) in [7, 11) is 2.37. The van der Waals surface area contributed by atoms with Crippen LogP contribution < -0.4 is 0 Å². The van der Waals surface area contributed by atoms with Crippen molar-refractivity contribution < 1.29 is 4.48 Å². The van der Waals surface area contributed by atoms with Crippen LogP contribution in [-0.4, -0.2) is 42.4 Å². The molecule has 1 heterocycles. The highest BCUT2D eigenvalue weighted by Crippen LogP contribution is 2.29. The predicted molar refractivity (Wildman–Crippen MR) is 50.6 cm³/mol. The Hall–Kier alpha value is -0.0800. The second-order valence-corrected chi connectivity index (χ2v) is 4.75. The van der Waals surface area contributed by atoms with Gasteiger partial charge >= 0.3 is 0 Å². The van der Waals surface area contributed by atoms with Crippen LogP contribution in [0, 0.1) is 0 Å². The molecule has 0 N–H and O–H groups in total. The van der Waals surface area contributed by atoms with E-state index in [0.29, 0.717) is 0 Å². The summed E-state index contributed by atoms with van der Waals surface area (Å²) in [6.45, 7) is 6.21. The van der Waals surface area contributed by atoms with Crippen LogP contribution in [0.4, 0.5) is 0 Å². The quantitative estimate of drug-likeness (QED) is 0.568. The molecule has 2 aliphatic rings. The summed E-state index contributed by atoms with van der Waals surface area (Å²) in [4.78, 5) is 2.68. The van der Waals surface area contributed by atoms with Crippen LogP contribution in [-0.2, 0) is 0 Å². The van der Waals surface area contributed by atoms with Crippen molar-refractivity contribution >= 4 is 0 Å². The van der Waals surface area contributed by atoms with Gasteiger partial charge in [0, 0.05) is 6.04 Å². The van der Waals surface area contributed by atoms with Gasteiger partial charge in [0.15, 0.2) is 0 Å². The molecule has 0 unspecified atom stereocenters. The van der Waals surface area contributed by atoms with Gasteiger partial charge in [-0.25, -0.2) is 4.90 Å². The Bertz CT molecular complexity index is 155. The predicted octanol–water partition coefficient (Wildman–Crippen LogP) is 1.63. The van der Waals surface area contributed by atoms with E-state index in [2.05, 4.69) is 18.9 Å². The third-order valence-corrected chi connectivity index (χ3v) is 3.65. The first-order valence-electron chi connectivity index (χ1n) is 5.31. The van der Waals surface area contributed by atoms with E-state index in [4.69, 9.17) is 0 Å². The molecule has 0 radical (unpaired) electrons. The zero-order valence-electron chi connectivity index (χ0n) is 8.42. The monoisotopic (exact) mass is 169 g/mol. The number of hydrogen-bond acceptors (Lipinski definition) is 1. The Labute approximate surface area is 75.7 Å². The number of rotatable bonds is 2. The highest BCUT2D eigenvalue weighted by Gasteiger charge is 2.41. The van der Waals surface area contributed by atoms with E-state index < -0.39 is 0 Å². The van der Waals surface area contributed by atoms with Crippen LogP contribution in [0.25, 0.3) is 0 Å². The van der Waals surface area contributed by atoms with E-state index in [1.54, 1.807) is 0 Å². The van der Waals surface area contributed by atoms with Crippen molar-refractivity contribution in [2.24, 2.45) is 0 Å². The molecular formula is C10H21N2+. The maximum Gasteiger partial charge on any atom is 0.140 e. The van der Waals surface area contributed by atoms with E-state index >= 15 is 0 Å². The lowest BCUT2D eigenvalue weighted by molar-refractivity contribution is -0.979. The molecule has 70 valence electrons. The van der Waals surface area contributed by atoms with Gasteiger partial charge in [-0.3, -0.25) is 0 Å². The fourth-order valence-electron chi connectivity index (χ4n) is 2.54. The summed E-state index contributed by atoms with van der Waals surface area (Å²) in [5, 5.41) is 0. The van der Waals surface area contributed by atoms with E-state index in [1.807, 2.05) is 0 Å². The molecule has 2 rings (SSSR count). The molecule has 1 aliphatic carbocycles. The van der Waals surface area contributed by atoms with Crippen LogP contribution in [0.1, 0.15) is 32.6 Å². The van der Waals surface area contributed by atoms with Crippen LogP contribution >= 0.6 is 0 Å². The second-order valence-electron chi connectivity index (χ2n) is 4.75. The number of nitrogens with zero attached hydrogens (tertiary/aromatic N) is 2. The first kappa shape index (κ1) is 8.52. The Morgan fingerprint density at radius 3 is 2.33 bits per heavy atom. The number of hydrogen-bond donors (Lipinski definition) is 0. The minimum atomic E-state index is 0.947. The smallest absolute Gasteiger partial charge is 0.140 e. The average Bonchev–Trinajstić information content (AvgIpc) is 2.50. The molecule has 2 fully saturated rings. The summed E-state index contributed by atoms with van der Waals surface area (Å²) in [6.07, 6.45) is 5.86. The lowest BCUT2D eigenvalue weighted by Crippen LogP contribution is -2.68. The largest absolute Gasteiger partial charge is 0.301 e. The summed E-state index contributed by atoms with van der Waals surface area (Å²) >= 11 is 0. The molecule has 1 aliphatic heterocycles. The van der Waals surface area contributed by atoms with Crippen LogP contribution in [0.5, 0.6) is 0 Å². The molecule has 0 atom stereocenters. The first-order valence-corrected chi connectivity index (χ1v) is 5.31. The average molecular weight is 169 g/mol. The van der Waals surface area contributed by atoms with E-state index in [1.165, 1.54) is 50.0 Å². The maximum atomic E-state index is 2.68. The Morgan fingerprint density at radius 1 is 1.25 bits per heavy atom. The van der Waals surface area contributed by atoms with Crippen LogP contribution in [0.3, 0.4) is 0 Å². The summed E-state index contributed by atoms with van der Waals surface area (Å²) in [6, 6.07) is 0.947. The van der Waals surface area contributed by atoms with Gasteiger partial charge < -0.3 is 4.48 Å². The van der Waals surface area contributed by atoms with Crippen molar-refractivity contribution in [2.75, 3.05) is 26.9 Å². The van der Waals surface area contributed by atoms with Gasteiger partial charge in [0.05, 0.1) is 13.6 Å². The highest BCUT2D eigenvalue weighted by molar-refractivity contribution is 4.77.